The molecule has 0 heterocycles. The number of allylic oxidation sites excluding steroid dienone is 3. The fourth-order valence-corrected chi connectivity index (χ4v) is 5.14. The van der Waals surface area contributed by atoms with Gasteiger partial charge in [0.1, 0.15) is 12.1 Å². The maximum absolute atomic E-state index is 13.6. The first-order chi connectivity index (χ1) is 23.6. The number of unbranched alkanes of at least 4 members (excludes halogenated alkanes) is 1. The van der Waals surface area contributed by atoms with Crippen LogP contribution in [0, 0.1) is 5.92 Å². The lowest BCUT2D eigenvalue weighted by molar-refractivity contribution is -0.129. The average Bonchev–Trinajstić information content (AvgIpc) is 3.07. The molecule has 1 aromatic rings. The summed E-state index contributed by atoms with van der Waals surface area (Å²) in [6.07, 6.45) is 15.0. The van der Waals surface area contributed by atoms with Crippen LogP contribution in [0.4, 0.5) is 10.5 Å². The Morgan fingerprint density at radius 3 is 2.33 bits per heavy atom. The van der Waals surface area contributed by atoms with Gasteiger partial charge in [0.05, 0.1) is 25.3 Å². The zero-order valence-electron chi connectivity index (χ0n) is 30.0. The van der Waals surface area contributed by atoms with Gasteiger partial charge in [-0.2, -0.15) is 0 Å². The first-order valence-corrected chi connectivity index (χ1v) is 17.7. The van der Waals surface area contributed by atoms with Crippen LogP contribution in [0.25, 0.3) is 0 Å². The van der Waals surface area contributed by atoms with Crippen molar-refractivity contribution in [3.8, 4) is 0 Å². The molecule has 0 aliphatic heterocycles. The van der Waals surface area contributed by atoms with Crippen molar-refractivity contribution >= 4 is 29.4 Å². The number of hydrogen-bond donors (Lipinski definition) is 6. The highest BCUT2D eigenvalue weighted by molar-refractivity contribution is 5.91. The molecular weight excluding hydrogens is 620 g/mol. The Bertz CT molecular complexity index is 1300. The summed E-state index contributed by atoms with van der Waals surface area (Å²) in [6, 6.07) is 5.02. The topological polar surface area (TPSA) is 150 Å². The summed E-state index contributed by atoms with van der Waals surface area (Å²) < 4.78 is 5.32. The van der Waals surface area contributed by atoms with Gasteiger partial charge >= 0.3 is 6.03 Å². The predicted octanol–water partition coefficient (Wildman–Crippen LogP) is 5.73. The minimum Gasteiger partial charge on any atom is -0.500 e. The van der Waals surface area contributed by atoms with E-state index in [1.165, 1.54) is 12.5 Å². The molecule has 1 aromatic carbocycles. The monoisotopic (exact) mass is 678 g/mol. The molecule has 0 bridgehead atoms. The third kappa shape index (κ3) is 16.4. The van der Waals surface area contributed by atoms with Crippen LogP contribution in [0.3, 0.4) is 0 Å². The van der Waals surface area contributed by atoms with Gasteiger partial charge in [-0.25, -0.2) is 4.79 Å². The van der Waals surface area contributed by atoms with E-state index in [9.17, 15) is 19.2 Å². The van der Waals surface area contributed by atoms with Gasteiger partial charge in [0.25, 0.3) is 0 Å². The van der Waals surface area contributed by atoms with E-state index in [0.717, 1.165) is 43.2 Å². The molecule has 6 N–H and O–H groups in total. The molecule has 0 fully saturated rings. The summed E-state index contributed by atoms with van der Waals surface area (Å²) >= 11 is 0. The molecule has 1 aliphatic carbocycles. The first-order valence-electron chi connectivity index (χ1n) is 17.7. The van der Waals surface area contributed by atoms with Crippen LogP contribution in [0.5, 0.6) is 0 Å². The summed E-state index contributed by atoms with van der Waals surface area (Å²) in [7, 11) is 0. The highest BCUT2D eigenvalue weighted by atomic mass is 16.5. The number of rotatable bonds is 22. The Kier molecular flexibility index (Phi) is 19.0. The number of urea groups is 1. The lowest BCUT2D eigenvalue weighted by Gasteiger charge is -2.28. The van der Waals surface area contributed by atoms with Gasteiger partial charge in [-0.3, -0.25) is 14.4 Å². The third-order valence-corrected chi connectivity index (χ3v) is 7.85. The van der Waals surface area contributed by atoms with E-state index in [2.05, 4.69) is 65.3 Å². The molecule has 0 saturated heterocycles. The standard InChI is InChI=1S/C38H58N6O5/c1-7-10-20-40-38(48)42-31-18-16-30(17-19-31)26-35(45)43-33(24-27(4)5)28(6)41-32(9-3)37(47)44-34(25-29-14-12-11-13-15-29)36(46)39-21-23-49-22-8-2/h11-12,14,16-19,21,23,27,32-34,41H,6-10,13,15,20,22,24-26H2,1-5H3,(H,39,46)(H,43,45)(H,44,47)(H2,40,42,48)/b23-21-/t32-,33-,34-/m0/s1. The molecule has 0 radical (unpaired) electrons. The van der Waals surface area contributed by atoms with E-state index in [0.29, 0.717) is 43.8 Å². The molecule has 49 heavy (non-hydrogen) atoms. The summed E-state index contributed by atoms with van der Waals surface area (Å²) in [5, 5.41) is 17.6. The number of nitrogens with one attached hydrogen (secondary N) is 6. The molecule has 3 atom stereocenters. The smallest absolute Gasteiger partial charge is 0.319 e. The van der Waals surface area contributed by atoms with Crippen molar-refractivity contribution in [2.24, 2.45) is 5.92 Å². The number of carbonyl (C=O) groups excluding carboxylic acids is 4. The van der Waals surface area contributed by atoms with Gasteiger partial charge in [-0.1, -0.05) is 83.6 Å². The maximum atomic E-state index is 13.6. The Labute approximate surface area is 292 Å². The van der Waals surface area contributed by atoms with E-state index in [1.54, 1.807) is 12.1 Å². The van der Waals surface area contributed by atoms with Gasteiger partial charge in [0, 0.05) is 24.1 Å². The second-order valence-electron chi connectivity index (χ2n) is 12.7. The van der Waals surface area contributed by atoms with E-state index in [1.807, 2.05) is 38.1 Å². The molecule has 1 aliphatic rings. The molecule has 270 valence electrons. The van der Waals surface area contributed by atoms with Crippen LogP contribution in [0.1, 0.15) is 91.5 Å². The van der Waals surface area contributed by atoms with Crippen LogP contribution in [0.2, 0.25) is 0 Å². The Balaban J connectivity index is 2.03. The Morgan fingerprint density at radius 1 is 0.939 bits per heavy atom. The number of ether oxygens (including phenoxy) is 1. The summed E-state index contributed by atoms with van der Waals surface area (Å²) in [5.41, 5.74) is 3.04. The van der Waals surface area contributed by atoms with Gasteiger partial charge < -0.3 is 36.6 Å². The molecule has 5 amide bonds. The normalized spacial score (nSPS) is 14.3. The first kappa shape index (κ1) is 40.6. The van der Waals surface area contributed by atoms with Crippen molar-refractivity contribution in [1.82, 2.24) is 26.6 Å². The van der Waals surface area contributed by atoms with Gasteiger partial charge in [-0.15, -0.1) is 0 Å². The van der Waals surface area contributed by atoms with Crippen LogP contribution >= 0.6 is 0 Å². The van der Waals surface area contributed by atoms with Crippen molar-refractivity contribution in [1.29, 1.82) is 0 Å². The summed E-state index contributed by atoms with van der Waals surface area (Å²) in [6.45, 7) is 15.4. The minimum atomic E-state index is -0.784. The molecule has 0 spiro atoms. The van der Waals surface area contributed by atoms with E-state index in [-0.39, 0.29) is 36.1 Å². The number of anilines is 1. The highest BCUT2D eigenvalue weighted by Gasteiger charge is 2.27. The quantitative estimate of drug-likeness (QED) is 0.0682. The van der Waals surface area contributed by atoms with Crippen LogP contribution < -0.4 is 31.9 Å². The third-order valence-electron chi connectivity index (χ3n) is 7.85. The molecule has 11 heteroatoms. The van der Waals surface area contributed by atoms with Gasteiger partial charge in [-0.05, 0) is 68.6 Å². The van der Waals surface area contributed by atoms with E-state index >= 15 is 0 Å². The molecule has 0 unspecified atom stereocenters. The lowest BCUT2D eigenvalue weighted by atomic mass is 9.97. The van der Waals surface area contributed by atoms with Crippen molar-refractivity contribution < 1.29 is 23.9 Å². The van der Waals surface area contributed by atoms with Crippen LogP contribution in [-0.4, -0.2) is 55.0 Å². The fraction of sp³-hybridized carbons (Fsp3) is 0.526. The van der Waals surface area contributed by atoms with E-state index in [4.69, 9.17) is 4.74 Å². The van der Waals surface area contributed by atoms with Crippen molar-refractivity contribution in [2.75, 3.05) is 18.5 Å². The van der Waals surface area contributed by atoms with Gasteiger partial charge in [0.15, 0.2) is 0 Å². The van der Waals surface area contributed by atoms with Crippen LogP contribution in [0.15, 0.2) is 72.8 Å². The SMILES string of the molecule is C=C(N[C@@H](CC)C(=O)N[C@@H](CC1=CC=CCC1)C(=O)N/C=C\OCCC)[C@H](CC(C)C)NC(=O)Cc1ccc(NC(=O)NCCCC)cc1. The van der Waals surface area contributed by atoms with E-state index < -0.39 is 18.1 Å². The molecule has 11 nitrogen and oxygen atoms in total. The van der Waals surface area contributed by atoms with Crippen LogP contribution in [-0.2, 0) is 25.5 Å². The largest absolute Gasteiger partial charge is 0.500 e. The minimum absolute atomic E-state index is 0.141. The Hall–Kier alpha value is -4.54. The second-order valence-corrected chi connectivity index (χ2v) is 12.7. The fourth-order valence-electron chi connectivity index (χ4n) is 5.14. The molecule has 2 rings (SSSR count). The number of hydrogen-bond acceptors (Lipinski definition) is 6. The summed E-state index contributed by atoms with van der Waals surface area (Å²) in [4.78, 5) is 51.9. The molecule has 0 aromatic heterocycles. The number of benzene rings is 1. The highest BCUT2D eigenvalue weighted by Crippen LogP contribution is 2.18. The zero-order valence-corrected chi connectivity index (χ0v) is 30.0. The lowest BCUT2D eigenvalue weighted by Crippen LogP contribution is -2.53. The van der Waals surface area contributed by atoms with Crippen molar-refractivity contribution in [2.45, 2.75) is 111 Å². The predicted molar refractivity (Wildman–Crippen MR) is 196 cm³/mol. The number of amides is 5. The number of carbonyl (C=O) groups is 4. The zero-order chi connectivity index (χ0) is 36.0. The van der Waals surface area contributed by atoms with Crippen molar-refractivity contribution in [3.05, 3.63) is 78.4 Å². The maximum Gasteiger partial charge on any atom is 0.319 e. The Morgan fingerprint density at radius 2 is 1.69 bits per heavy atom. The van der Waals surface area contributed by atoms with Crippen molar-refractivity contribution in [3.63, 3.8) is 0 Å². The molecule has 0 saturated carbocycles. The average molecular weight is 679 g/mol. The van der Waals surface area contributed by atoms with Gasteiger partial charge in [0.2, 0.25) is 17.7 Å². The second kappa shape index (κ2) is 22.9. The summed E-state index contributed by atoms with van der Waals surface area (Å²) in [5.74, 6) is -0.611. The molecular formula is C38H58N6O5.